The Morgan fingerprint density at radius 3 is 2.62 bits per heavy atom. The second kappa shape index (κ2) is 9.83. The summed E-state index contributed by atoms with van der Waals surface area (Å²) in [5.74, 6) is 0.660. The molecule has 0 saturated heterocycles. The Bertz CT molecular complexity index is 998. The maximum absolute atomic E-state index is 13.0. The molecule has 1 aliphatic carbocycles. The number of carbonyl (C=O) groups is 1. The van der Waals surface area contributed by atoms with Crippen LogP contribution in [0.5, 0.6) is 0 Å². The summed E-state index contributed by atoms with van der Waals surface area (Å²) in [4.78, 5) is 25.4. The van der Waals surface area contributed by atoms with E-state index < -0.39 is 0 Å². The zero-order valence-electron chi connectivity index (χ0n) is 18.9. The molecule has 0 aromatic carbocycles. The molecule has 0 bridgehead atoms. The third kappa shape index (κ3) is 5.37. The van der Waals surface area contributed by atoms with Crippen LogP contribution in [0.1, 0.15) is 51.6 Å². The van der Waals surface area contributed by atoms with Crippen molar-refractivity contribution in [1.29, 1.82) is 0 Å². The second-order valence-corrected chi connectivity index (χ2v) is 9.88. The Morgan fingerprint density at radius 1 is 1.16 bits per heavy atom. The van der Waals surface area contributed by atoms with Crippen molar-refractivity contribution < 1.29 is 4.79 Å². The molecule has 1 aliphatic heterocycles. The summed E-state index contributed by atoms with van der Waals surface area (Å²) in [6.45, 7) is 12.1. The lowest BCUT2D eigenvalue weighted by Gasteiger charge is -2.34. The van der Waals surface area contributed by atoms with Crippen molar-refractivity contribution in [2.45, 2.75) is 57.7 Å². The van der Waals surface area contributed by atoms with Gasteiger partial charge in [-0.1, -0.05) is 32.1 Å². The number of likely N-dealkylation sites (N-methyl/N-ethyl adjacent to an activating group) is 1. The van der Waals surface area contributed by atoms with Crippen molar-refractivity contribution in [2.75, 3.05) is 18.9 Å². The lowest BCUT2D eigenvalue weighted by atomic mass is 9.90. The van der Waals surface area contributed by atoms with Crippen molar-refractivity contribution in [3.63, 3.8) is 0 Å². The number of aryl methyl sites for hydroxylation is 1. The van der Waals surface area contributed by atoms with Crippen LogP contribution >= 0.6 is 11.3 Å². The van der Waals surface area contributed by atoms with Crippen LogP contribution in [0.2, 0.25) is 0 Å². The molecule has 0 unspecified atom stereocenters. The normalized spacial score (nSPS) is 20.8. The molecule has 1 fully saturated rings. The number of hydrogen-bond acceptors (Lipinski definition) is 7. The molecule has 2 aliphatic rings. The summed E-state index contributed by atoms with van der Waals surface area (Å²) in [7, 11) is 2.10. The fraction of sp³-hybridized carbons (Fsp3) is 0.458. The van der Waals surface area contributed by atoms with Gasteiger partial charge in [0.1, 0.15) is 5.82 Å². The van der Waals surface area contributed by atoms with Gasteiger partial charge in [-0.2, -0.15) is 0 Å². The van der Waals surface area contributed by atoms with Gasteiger partial charge < -0.3 is 20.9 Å². The highest BCUT2D eigenvalue weighted by Gasteiger charge is 2.29. The molecule has 3 heterocycles. The number of amides is 1. The van der Waals surface area contributed by atoms with Crippen LogP contribution in [-0.4, -0.2) is 46.5 Å². The van der Waals surface area contributed by atoms with E-state index in [2.05, 4.69) is 51.0 Å². The number of rotatable bonds is 7. The maximum atomic E-state index is 13.0. The van der Waals surface area contributed by atoms with Crippen molar-refractivity contribution >= 4 is 23.1 Å². The van der Waals surface area contributed by atoms with E-state index in [1.807, 2.05) is 25.3 Å². The fourth-order valence-corrected chi connectivity index (χ4v) is 5.30. The molecule has 2 aromatic heterocycles. The quantitative estimate of drug-likeness (QED) is 0.557. The number of carbonyl (C=O) groups excluding carboxylic acids is 1. The Kier molecular flexibility index (Phi) is 6.91. The fourth-order valence-electron chi connectivity index (χ4n) is 4.21. The minimum Gasteiger partial charge on any atom is -0.379 e. The van der Waals surface area contributed by atoms with Crippen LogP contribution in [0.25, 0.3) is 0 Å². The van der Waals surface area contributed by atoms with Gasteiger partial charge >= 0.3 is 0 Å². The van der Waals surface area contributed by atoms with Crippen LogP contribution in [0, 0.1) is 6.92 Å². The summed E-state index contributed by atoms with van der Waals surface area (Å²) < 4.78 is 0. The molecule has 3 N–H and O–H groups in total. The lowest BCUT2D eigenvalue weighted by Crippen LogP contribution is -2.51. The van der Waals surface area contributed by atoms with Crippen molar-refractivity contribution in [1.82, 2.24) is 25.5 Å². The first kappa shape index (κ1) is 22.5. The van der Waals surface area contributed by atoms with Gasteiger partial charge in [-0.25, -0.2) is 9.97 Å². The minimum atomic E-state index is -0.0721. The summed E-state index contributed by atoms with van der Waals surface area (Å²) >= 11 is 1.52. The summed E-state index contributed by atoms with van der Waals surface area (Å²) in [6, 6.07) is 4.05. The van der Waals surface area contributed by atoms with Gasteiger partial charge in [-0.3, -0.25) is 4.79 Å². The molecule has 8 heteroatoms. The second-order valence-electron chi connectivity index (χ2n) is 8.79. The predicted octanol–water partition coefficient (Wildman–Crippen LogP) is 3.60. The molecule has 170 valence electrons. The van der Waals surface area contributed by atoms with Gasteiger partial charge in [-0.15, -0.1) is 11.3 Å². The minimum absolute atomic E-state index is 0.0295. The lowest BCUT2D eigenvalue weighted by molar-refractivity contribution is 0.0916. The average Bonchev–Trinajstić information content (AvgIpc) is 3.20. The Hall–Kier alpha value is -2.71. The number of pyridine rings is 1. The van der Waals surface area contributed by atoms with Gasteiger partial charge in [0.15, 0.2) is 5.01 Å². The Morgan fingerprint density at radius 2 is 1.91 bits per heavy atom. The molecular weight excluding hydrogens is 420 g/mol. The van der Waals surface area contributed by atoms with E-state index in [4.69, 9.17) is 0 Å². The molecule has 2 aromatic rings. The van der Waals surface area contributed by atoms with E-state index in [-0.39, 0.29) is 18.0 Å². The van der Waals surface area contributed by atoms with E-state index >= 15 is 0 Å². The molecule has 0 radical (unpaired) electrons. The molecule has 1 amide bonds. The molecule has 0 spiro atoms. The number of fused-ring (bicyclic) bond motifs is 1. The van der Waals surface area contributed by atoms with Gasteiger partial charge in [0.25, 0.3) is 5.91 Å². The number of nitrogens with zero attached hydrogens (tertiary/aromatic N) is 3. The largest absolute Gasteiger partial charge is 0.379 e. The number of hydrogen-bond donors (Lipinski definition) is 3. The summed E-state index contributed by atoms with van der Waals surface area (Å²) in [6.07, 6.45) is 6.85. The smallest absolute Gasteiger partial charge is 0.280 e. The van der Waals surface area contributed by atoms with E-state index in [0.717, 1.165) is 62.3 Å². The average molecular weight is 453 g/mol. The summed E-state index contributed by atoms with van der Waals surface area (Å²) in [5.41, 5.74) is 3.57. The Labute approximate surface area is 194 Å². The van der Waals surface area contributed by atoms with E-state index in [9.17, 15) is 4.79 Å². The zero-order chi connectivity index (χ0) is 22.7. The van der Waals surface area contributed by atoms with Crippen molar-refractivity contribution in [3.05, 3.63) is 64.0 Å². The van der Waals surface area contributed by atoms with Crippen molar-refractivity contribution in [3.8, 4) is 0 Å². The predicted molar refractivity (Wildman–Crippen MR) is 130 cm³/mol. The van der Waals surface area contributed by atoms with Crippen LogP contribution in [-0.2, 0) is 13.0 Å². The molecule has 4 rings (SSSR count). The number of anilines is 1. The monoisotopic (exact) mass is 452 g/mol. The zero-order valence-corrected chi connectivity index (χ0v) is 19.7. The number of thiazole rings is 1. The van der Waals surface area contributed by atoms with Gasteiger partial charge in [0, 0.05) is 42.7 Å². The SMILES string of the molecule is C=C(Nc1ccc(C)cn1)C(=C)N[C@H]1CCCC[C@H]1NC(=O)c1nc2c(s1)CN(C)CC2. The van der Waals surface area contributed by atoms with E-state index in [0.29, 0.717) is 16.4 Å². The third-order valence-electron chi connectivity index (χ3n) is 6.11. The first-order valence-corrected chi connectivity index (χ1v) is 12.0. The first-order valence-electron chi connectivity index (χ1n) is 11.2. The van der Waals surface area contributed by atoms with Crippen molar-refractivity contribution in [2.24, 2.45) is 0 Å². The molecule has 2 atom stereocenters. The van der Waals surface area contributed by atoms with E-state index in [1.165, 1.54) is 16.2 Å². The van der Waals surface area contributed by atoms with Crippen LogP contribution in [0.3, 0.4) is 0 Å². The first-order chi connectivity index (χ1) is 15.4. The van der Waals surface area contributed by atoms with Gasteiger partial charge in [0.2, 0.25) is 0 Å². The van der Waals surface area contributed by atoms with Gasteiger partial charge in [0.05, 0.1) is 17.1 Å². The Balaban J connectivity index is 1.36. The van der Waals surface area contributed by atoms with Crippen LogP contribution in [0.15, 0.2) is 42.9 Å². The molecule has 7 nitrogen and oxygen atoms in total. The highest BCUT2D eigenvalue weighted by Crippen LogP contribution is 2.26. The summed E-state index contributed by atoms with van der Waals surface area (Å²) in [5, 5.41) is 10.5. The van der Waals surface area contributed by atoms with Crippen LogP contribution < -0.4 is 16.0 Å². The topological polar surface area (TPSA) is 82.2 Å². The molecule has 32 heavy (non-hydrogen) atoms. The highest BCUT2D eigenvalue weighted by molar-refractivity contribution is 7.13. The highest BCUT2D eigenvalue weighted by atomic mass is 32.1. The maximum Gasteiger partial charge on any atom is 0.280 e. The molecular formula is C24H32N6OS. The number of aromatic nitrogens is 2. The molecule has 1 saturated carbocycles. The number of nitrogens with one attached hydrogen (secondary N) is 3. The third-order valence-corrected chi connectivity index (χ3v) is 7.19. The van der Waals surface area contributed by atoms with Gasteiger partial charge in [-0.05, 0) is 38.4 Å². The van der Waals surface area contributed by atoms with E-state index in [1.54, 1.807) is 0 Å². The standard InChI is InChI=1S/C24H32N6OS/c1-15-9-10-22(25-13-15)27-17(3)16(2)26-18-7-5-6-8-19(18)28-23(31)24-29-20-11-12-30(4)14-21(20)32-24/h9-10,13,18-19,26H,2-3,5-8,11-12,14H2,1,4H3,(H,25,27)(H,28,31)/t18-,19+/m0/s1. The van der Waals surface area contributed by atoms with Crippen LogP contribution in [0.4, 0.5) is 5.82 Å².